The highest BCUT2D eigenvalue weighted by atomic mass is 79.9. The summed E-state index contributed by atoms with van der Waals surface area (Å²) in [6, 6.07) is 5.59. The second-order valence-electron chi connectivity index (χ2n) is 5.11. The largest absolute Gasteiger partial charge is 0.370 e. The van der Waals surface area contributed by atoms with Gasteiger partial charge in [0.05, 0.1) is 5.69 Å². The third-order valence-electron chi connectivity index (χ3n) is 3.96. The molecule has 0 aromatic heterocycles. The Bertz CT molecular complexity index is 479. The van der Waals surface area contributed by atoms with Gasteiger partial charge in [-0.3, -0.25) is 4.79 Å². The van der Waals surface area contributed by atoms with Crippen LogP contribution in [0.4, 0.5) is 5.69 Å². The molecule has 0 aliphatic carbocycles. The van der Waals surface area contributed by atoms with Crippen LogP contribution in [-0.4, -0.2) is 32.1 Å². The molecule has 3 N–H and O–H groups in total. The first-order valence-corrected chi connectivity index (χ1v) is 6.99. The number of rotatable bonds is 2. The molecule has 0 bridgehead atoms. The number of nitrogens with one attached hydrogen (secondary N) is 1. The Kier molecular flexibility index (Phi) is 3.03. The van der Waals surface area contributed by atoms with E-state index in [9.17, 15) is 4.79 Å². The van der Waals surface area contributed by atoms with Crippen LogP contribution in [0.5, 0.6) is 0 Å². The van der Waals surface area contributed by atoms with E-state index in [1.54, 1.807) is 6.07 Å². The number of primary amides is 1. The van der Waals surface area contributed by atoms with E-state index in [2.05, 4.69) is 26.1 Å². The zero-order chi connectivity index (χ0) is 12.7. The molecule has 1 aromatic rings. The van der Waals surface area contributed by atoms with E-state index in [-0.39, 0.29) is 5.91 Å². The highest BCUT2D eigenvalue weighted by Gasteiger charge is 2.36. The maximum Gasteiger partial charge on any atom is 0.248 e. The van der Waals surface area contributed by atoms with Crippen molar-refractivity contribution in [2.24, 2.45) is 17.6 Å². The van der Waals surface area contributed by atoms with Gasteiger partial charge in [-0.1, -0.05) is 0 Å². The van der Waals surface area contributed by atoms with Crippen LogP contribution >= 0.6 is 15.9 Å². The van der Waals surface area contributed by atoms with Crippen molar-refractivity contribution in [1.82, 2.24) is 5.32 Å². The lowest BCUT2D eigenvalue weighted by atomic mass is 10.0. The minimum atomic E-state index is -0.384. The summed E-state index contributed by atoms with van der Waals surface area (Å²) >= 11 is 3.54. The van der Waals surface area contributed by atoms with Crippen LogP contribution < -0.4 is 16.0 Å². The fourth-order valence-corrected chi connectivity index (χ4v) is 3.60. The van der Waals surface area contributed by atoms with Gasteiger partial charge < -0.3 is 16.0 Å². The van der Waals surface area contributed by atoms with Crippen molar-refractivity contribution in [3.63, 3.8) is 0 Å². The normalized spacial score (nSPS) is 26.4. The van der Waals surface area contributed by atoms with Gasteiger partial charge in [-0.15, -0.1) is 0 Å². The molecule has 2 fully saturated rings. The van der Waals surface area contributed by atoms with Crippen LogP contribution in [0, 0.1) is 11.8 Å². The first kappa shape index (κ1) is 12.0. The Morgan fingerprint density at radius 3 is 2.56 bits per heavy atom. The predicted octanol–water partition coefficient (Wildman–Crippen LogP) is 1.20. The molecular formula is C13H16BrN3O. The minimum Gasteiger partial charge on any atom is -0.370 e. The number of carbonyl (C=O) groups is 1. The fraction of sp³-hybridized carbons (Fsp3) is 0.462. The van der Waals surface area contributed by atoms with E-state index in [1.165, 1.54) is 0 Å². The minimum absolute atomic E-state index is 0.384. The monoisotopic (exact) mass is 309 g/mol. The summed E-state index contributed by atoms with van der Waals surface area (Å²) in [6.07, 6.45) is 0. The lowest BCUT2D eigenvalue weighted by molar-refractivity contribution is 0.100. The summed E-state index contributed by atoms with van der Waals surface area (Å²) < 4.78 is 0.951. The molecule has 4 nitrogen and oxygen atoms in total. The van der Waals surface area contributed by atoms with Crippen molar-refractivity contribution in [3.05, 3.63) is 28.2 Å². The highest BCUT2D eigenvalue weighted by molar-refractivity contribution is 9.10. The number of carbonyl (C=O) groups excluding carboxylic acids is 1. The second kappa shape index (κ2) is 4.55. The van der Waals surface area contributed by atoms with E-state index in [1.807, 2.05) is 12.1 Å². The maximum absolute atomic E-state index is 11.1. The molecule has 3 rings (SSSR count). The molecule has 2 saturated heterocycles. The van der Waals surface area contributed by atoms with Gasteiger partial charge in [0.15, 0.2) is 0 Å². The molecule has 0 radical (unpaired) electrons. The number of nitrogens with zero attached hydrogens (tertiary/aromatic N) is 1. The molecule has 2 atom stereocenters. The lowest BCUT2D eigenvalue weighted by Crippen LogP contribution is -2.25. The number of benzene rings is 1. The van der Waals surface area contributed by atoms with Gasteiger partial charge in [-0.25, -0.2) is 0 Å². The van der Waals surface area contributed by atoms with Crippen molar-refractivity contribution in [1.29, 1.82) is 0 Å². The predicted molar refractivity (Wildman–Crippen MR) is 74.7 cm³/mol. The average Bonchev–Trinajstić information content (AvgIpc) is 2.88. The zero-order valence-corrected chi connectivity index (χ0v) is 11.6. The number of nitrogens with two attached hydrogens (primary N) is 1. The molecule has 2 aliphatic heterocycles. The summed E-state index contributed by atoms with van der Waals surface area (Å²) in [6.45, 7) is 4.43. The SMILES string of the molecule is NC(=O)c1ccc(N2CC3CNCC3C2)c(Br)c1. The molecule has 5 heteroatoms. The summed E-state index contributed by atoms with van der Waals surface area (Å²) in [7, 11) is 0. The van der Waals surface area contributed by atoms with Gasteiger partial charge in [-0.05, 0) is 46.0 Å². The molecule has 96 valence electrons. The van der Waals surface area contributed by atoms with E-state index in [0.717, 1.165) is 48.2 Å². The van der Waals surface area contributed by atoms with Crippen molar-refractivity contribution >= 4 is 27.5 Å². The zero-order valence-electron chi connectivity index (χ0n) is 10.0. The van der Waals surface area contributed by atoms with Crippen molar-refractivity contribution in [2.45, 2.75) is 0 Å². The molecule has 2 heterocycles. The molecule has 2 aliphatic rings. The third kappa shape index (κ3) is 2.01. The number of hydrogen-bond acceptors (Lipinski definition) is 3. The van der Waals surface area contributed by atoms with Crippen molar-refractivity contribution in [2.75, 3.05) is 31.1 Å². The van der Waals surface area contributed by atoms with E-state index in [0.29, 0.717) is 5.56 Å². The quantitative estimate of drug-likeness (QED) is 0.863. The van der Waals surface area contributed by atoms with Crippen LogP contribution in [0.15, 0.2) is 22.7 Å². The summed E-state index contributed by atoms with van der Waals surface area (Å²) in [4.78, 5) is 13.5. The Hall–Kier alpha value is -1.07. The summed E-state index contributed by atoms with van der Waals surface area (Å²) in [5.41, 5.74) is 6.99. The van der Waals surface area contributed by atoms with Crippen LogP contribution in [0.1, 0.15) is 10.4 Å². The Balaban J connectivity index is 1.83. The van der Waals surface area contributed by atoms with Crippen LogP contribution in [0.25, 0.3) is 0 Å². The van der Waals surface area contributed by atoms with Gasteiger partial charge in [0.25, 0.3) is 0 Å². The van der Waals surface area contributed by atoms with Crippen molar-refractivity contribution < 1.29 is 4.79 Å². The lowest BCUT2D eigenvalue weighted by Gasteiger charge is -2.21. The van der Waals surface area contributed by atoms with Gasteiger partial charge in [0.1, 0.15) is 0 Å². The standard InChI is InChI=1S/C13H16BrN3O/c14-11-3-8(13(15)18)1-2-12(11)17-6-9-4-16-5-10(9)7-17/h1-3,9-10,16H,4-7H2,(H2,15,18). The van der Waals surface area contributed by atoms with Gasteiger partial charge >= 0.3 is 0 Å². The first-order chi connectivity index (χ1) is 8.65. The number of halogens is 1. The van der Waals surface area contributed by atoms with Gasteiger partial charge in [0.2, 0.25) is 5.91 Å². The molecule has 18 heavy (non-hydrogen) atoms. The third-order valence-corrected chi connectivity index (χ3v) is 4.60. The number of hydrogen-bond donors (Lipinski definition) is 2. The molecule has 0 saturated carbocycles. The summed E-state index contributed by atoms with van der Waals surface area (Å²) in [5, 5.41) is 3.44. The smallest absolute Gasteiger partial charge is 0.248 e. The van der Waals surface area contributed by atoms with Gasteiger partial charge in [0, 0.05) is 36.2 Å². The van der Waals surface area contributed by atoms with E-state index in [4.69, 9.17) is 5.73 Å². The van der Waals surface area contributed by atoms with Crippen molar-refractivity contribution in [3.8, 4) is 0 Å². The number of fused-ring (bicyclic) bond motifs is 1. The number of anilines is 1. The molecule has 1 aromatic carbocycles. The molecular weight excluding hydrogens is 294 g/mol. The molecule has 0 spiro atoms. The molecule has 1 amide bonds. The highest BCUT2D eigenvalue weighted by Crippen LogP contribution is 2.34. The fourth-order valence-electron chi connectivity index (χ4n) is 2.97. The number of amides is 1. The van der Waals surface area contributed by atoms with Crippen LogP contribution in [-0.2, 0) is 0 Å². The van der Waals surface area contributed by atoms with Gasteiger partial charge in [-0.2, -0.15) is 0 Å². The summed E-state index contributed by atoms with van der Waals surface area (Å²) in [5.74, 6) is 1.13. The van der Waals surface area contributed by atoms with E-state index >= 15 is 0 Å². The maximum atomic E-state index is 11.1. The average molecular weight is 310 g/mol. The second-order valence-corrected chi connectivity index (χ2v) is 5.97. The molecule has 2 unspecified atom stereocenters. The Labute approximate surface area is 115 Å². The van der Waals surface area contributed by atoms with Crippen LogP contribution in [0.2, 0.25) is 0 Å². The Morgan fingerprint density at radius 2 is 2.00 bits per heavy atom. The topological polar surface area (TPSA) is 58.4 Å². The van der Waals surface area contributed by atoms with E-state index < -0.39 is 0 Å². The first-order valence-electron chi connectivity index (χ1n) is 6.20. The van der Waals surface area contributed by atoms with Crippen LogP contribution in [0.3, 0.4) is 0 Å². The Morgan fingerprint density at radius 1 is 1.33 bits per heavy atom.